The van der Waals surface area contributed by atoms with Gasteiger partial charge in [-0.1, -0.05) is 60.7 Å². The van der Waals surface area contributed by atoms with Gasteiger partial charge in [-0.15, -0.1) is 0 Å². The van der Waals surface area contributed by atoms with Gasteiger partial charge in [0.05, 0.1) is 12.2 Å². The predicted molar refractivity (Wildman–Crippen MR) is 91.8 cm³/mol. The van der Waals surface area contributed by atoms with Crippen LogP contribution >= 0.6 is 0 Å². The molecular formula is C20H25NO2. The van der Waals surface area contributed by atoms with E-state index in [1.165, 1.54) is 11.1 Å². The highest BCUT2D eigenvalue weighted by atomic mass is 16.3. The molecule has 3 atom stereocenters. The molecule has 0 aromatic heterocycles. The van der Waals surface area contributed by atoms with Gasteiger partial charge in [-0.25, -0.2) is 0 Å². The lowest BCUT2D eigenvalue weighted by atomic mass is 9.88. The van der Waals surface area contributed by atoms with Gasteiger partial charge in [0.2, 0.25) is 0 Å². The van der Waals surface area contributed by atoms with E-state index < -0.39 is 12.2 Å². The quantitative estimate of drug-likeness (QED) is 0.892. The number of benzene rings is 2. The average molecular weight is 311 g/mol. The molecule has 1 saturated carbocycles. The van der Waals surface area contributed by atoms with Crippen molar-refractivity contribution < 1.29 is 10.2 Å². The fraction of sp³-hybridized carbons (Fsp3) is 0.400. The maximum Gasteiger partial charge on any atom is 0.0953 e. The summed E-state index contributed by atoms with van der Waals surface area (Å²) in [5.41, 5.74) is 2.46. The number of hydrogen-bond donors (Lipinski definition) is 2. The Morgan fingerprint density at radius 1 is 0.783 bits per heavy atom. The minimum atomic E-state index is -0.670. The number of hydrogen-bond acceptors (Lipinski definition) is 3. The van der Waals surface area contributed by atoms with Gasteiger partial charge in [0.25, 0.3) is 0 Å². The van der Waals surface area contributed by atoms with Crippen LogP contribution in [0.2, 0.25) is 0 Å². The van der Waals surface area contributed by atoms with E-state index in [1.54, 1.807) is 0 Å². The number of aliphatic hydroxyl groups excluding tert-OH is 2. The van der Waals surface area contributed by atoms with Gasteiger partial charge in [-0.2, -0.15) is 0 Å². The zero-order chi connectivity index (χ0) is 16.1. The van der Waals surface area contributed by atoms with Gasteiger partial charge in [0, 0.05) is 19.1 Å². The molecule has 2 aromatic rings. The molecule has 122 valence electrons. The molecule has 0 radical (unpaired) electrons. The number of rotatable bonds is 5. The van der Waals surface area contributed by atoms with Crippen molar-refractivity contribution in [2.24, 2.45) is 0 Å². The fourth-order valence-corrected chi connectivity index (χ4v) is 3.46. The maximum absolute atomic E-state index is 10.5. The van der Waals surface area contributed by atoms with Crippen LogP contribution in [-0.2, 0) is 13.1 Å². The third-order valence-corrected chi connectivity index (χ3v) is 4.71. The monoisotopic (exact) mass is 311 g/mol. The molecule has 1 fully saturated rings. The van der Waals surface area contributed by atoms with E-state index in [-0.39, 0.29) is 6.04 Å². The Morgan fingerprint density at radius 3 is 1.83 bits per heavy atom. The van der Waals surface area contributed by atoms with Crippen molar-refractivity contribution in [2.45, 2.75) is 50.6 Å². The third-order valence-electron chi connectivity index (χ3n) is 4.71. The second-order valence-corrected chi connectivity index (χ2v) is 6.43. The van der Waals surface area contributed by atoms with Gasteiger partial charge in [-0.05, 0) is 30.4 Å². The summed E-state index contributed by atoms with van der Waals surface area (Å²) in [7, 11) is 0. The topological polar surface area (TPSA) is 43.7 Å². The van der Waals surface area contributed by atoms with Gasteiger partial charge in [0.15, 0.2) is 0 Å². The van der Waals surface area contributed by atoms with Gasteiger partial charge in [-0.3, -0.25) is 4.90 Å². The lowest BCUT2D eigenvalue weighted by Gasteiger charge is -2.40. The summed E-state index contributed by atoms with van der Waals surface area (Å²) >= 11 is 0. The zero-order valence-electron chi connectivity index (χ0n) is 13.4. The molecule has 23 heavy (non-hydrogen) atoms. The van der Waals surface area contributed by atoms with E-state index >= 15 is 0 Å². The van der Waals surface area contributed by atoms with E-state index in [0.717, 1.165) is 25.9 Å². The molecule has 1 aliphatic carbocycles. The van der Waals surface area contributed by atoms with E-state index in [4.69, 9.17) is 0 Å². The normalized spacial score (nSPS) is 24.7. The highest BCUT2D eigenvalue weighted by Gasteiger charge is 2.34. The number of nitrogens with zero attached hydrogens (tertiary/aromatic N) is 1. The van der Waals surface area contributed by atoms with Crippen LogP contribution in [0.3, 0.4) is 0 Å². The van der Waals surface area contributed by atoms with Gasteiger partial charge < -0.3 is 10.2 Å². The first kappa shape index (κ1) is 16.2. The largest absolute Gasteiger partial charge is 0.390 e. The molecule has 3 heteroatoms. The van der Waals surface area contributed by atoms with E-state index in [9.17, 15) is 10.2 Å². The van der Waals surface area contributed by atoms with Crippen molar-refractivity contribution in [1.82, 2.24) is 4.90 Å². The highest BCUT2D eigenvalue weighted by molar-refractivity contribution is 5.17. The average Bonchev–Trinajstić information content (AvgIpc) is 2.59. The Bertz CT molecular complexity index is 546. The lowest BCUT2D eigenvalue weighted by molar-refractivity contribution is -0.0689. The first-order valence-electron chi connectivity index (χ1n) is 8.42. The Kier molecular flexibility index (Phi) is 5.44. The summed E-state index contributed by atoms with van der Waals surface area (Å²) in [5.74, 6) is 0. The predicted octanol–water partition coefficient (Wildman–Crippen LogP) is 2.96. The highest BCUT2D eigenvalue weighted by Crippen LogP contribution is 2.26. The summed E-state index contributed by atoms with van der Waals surface area (Å²) in [6, 6.07) is 20.7. The third kappa shape index (κ3) is 4.20. The van der Waals surface area contributed by atoms with Crippen molar-refractivity contribution in [3.63, 3.8) is 0 Å². The van der Waals surface area contributed by atoms with Crippen LogP contribution in [0.25, 0.3) is 0 Å². The minimum Gasteiger partial charge on any atom is -0.390 e. The van der Waals surface area contributed by atoms with E-state index in [0.29, 0.717) is 6.42 Å². The van der Waals surface area contributed by atoms with Crippen LogP contribution in [0.4, 0.5) is 0 Å². The summed E-state index contributed by atoms with van der Waals surface area (Å²) < 4.78 is 0. The van der Waals surface area contributed by atoms with Crippen molar-refractivity contribution >= 4 is 0 Å². The molecule has 3 nitrogen and oxygen atoms in total. The van der Waals surface area contributed by atoms with E-state index in [2.05, 4.69) is 29.2 Å². The summed E-state index contributed by atoms with van der Waals surface area (Å²) in [6.45, 7) is 1.56. The van der Waals surface area contributed by atoms with Crippen molar-refractivity contribution in [2.75, 3.05) is 0 Å². The smallest absolute Gasteiger partial charge is 0.0953 e. The zero-order valence-corrected chi connectivity index (χ0v) is 13.4. The molecule has 2 aromatic carbocycles. The van der Waals surface area contributed by atoms with Crippen LogP contribution in [0, 0.1) is 0 Å². The Balaban J connectivity index is 1.80. The van der Waals surface area contributed by atoms with Gasteiger partial charge in [0.1, 0.15) is 0 Å². The van der Waals surface area contributed by atoms with Crippen molar-refractivity contribution in [3.8, 4) is 0 Å². The lowest BCUT2D eigenvalue weighted by Crippen LogP contribution is -2.50. The Hall–Kier alpha value is -1.68. The van der Waals surface area contributed by atoms with Crippen LogP contribution in [0.15, 0.2) is 60.7 Å². The Morgan fingerprint density at radius 2 is 1.30 bits per heavy atom. The van der Waals surface area contributed by atoms with Crippen molar-refractivity contribution in [1.29, 1.82) is 0 Å². The van der Waals surface area contributed by atoms with E-state index in [1.807, 2.05) is 36.4 Å². The molecule has 3 rings (SSSR count). The molecule has 0 aliphatic heterocycles. The minimum absolute atomic E-state index is 0.000776. The molecule has 0 heterocycles. The summed E-state index contributed by atoms with van der Waals surface area (Å²) in [5, 5.41) is 20.5. The van der Waals surface area contributed by atoms with Crippen LogP contribution in [0.1, 0.15) is 30.4 Å². The Labute approximate surface area is 138 Å². The fourth-order valence-electron chi connectivity index (χ4n) is 3.46. The van der Waals surface area contributed by atoms with Crippen LogP contribution < -0.4 is 0 Å². The first-order valence-corrected chi connectivity index (χ1v) is 8.42. The molecule has 1 aliphatic rings. The molecule has 0 bridgehead atoms. The maximum atomic E-state index is 10.5. The molecule has 0 amide bonds. The van der Waals surface area contributed by atoms with Gasteiger partial charge >= 0.3 is 0 Å². The second kappa shape index (κ2) is 7.73. The second-order valence-electron chi connectivity index (χ2n) is 6.43. The first-order chi connectivity index (χ1) is 11.2. The standard InChI is InChI=1S/C20H25NO2/c22-19-13-7-12-18(20(19)23)21(14-16-8-3-1-4-9-16)15-17-10-5-2-6-11-17/h1-6,8-11,18-20,22-23H,7,12-15H2/t18-,19+,20-/m1/s1. The molecule has 2 N–H and O–H groups in total. The molecular weight excluding hydrogens is 286 g/mol. The summed E-state index contributed by atoms with van der Waals surface area (Å²) in [6.07, 6.45) is 1.31. The number of aliphatic hydroxyl groups is 2. The molecule has 0 unspecified atom stereocenters. The van der Waals surface area contributed by atoms with Crippen molar-refractivity contribution in [3.05, 3.63) is 71.8 Å². The SMILES string of the molecule is O[C@@H]1[C@H](N(Cc2ccccc2)Cc2ccccc2)CCC[C@@H]1O. The molecule has 0 saturated heterocycles. The molecule has 0 spiro atoms. The van der Waals surface area contributed by atoms with Crippen LogP contribution in [-0.4, -0.2) is 33.4 Å². The van der Waals surface area contributed by atoms with Crippen LogP contribution in [0.5, 0.6) is 0 Å². The summed E-state index contributed by atoms with van der Waals surface area (Å²) in [4.78, 5) is 2.30.